The van der Waals surface area contributed by atoms with E-state index in [1.165, 1.54) is 16.8 Å². The summed E-state index contributed by atoms with van der Waals surface area (Å²) in [6.07, 6.45) is 3.18. The lowest BCUT2D eigenvalue weighted by atomic mass is 10.3. The van der Waals surface area contributed by atoms with E-state index < -0.39 is 5.82 Å². The third kappa shape index (κ3) is 2.75. The van der Waals surface area contributed by atoms with E-state index in [-0.39, 0.29) is 28.7 Å². The van der Waals surface area contributed by atoms with Crippen molar-refractivity contribution in [3.63, 3.8) is 0 Å². The molecule has 0 spiro atoms. The maximum absolute atomic E-state index is 13.8. The van der Waals surface area contributed by atoms with Crippen molar-refractivity contribution < 1.29 is 9.13 Å². The molecule has 2 aromatic heterocycles. The highest BCUT2D eigenvalue weighted by Gasteiger charge is 2.12. The molecule has 2 N–H and O–H groups in total. The van der Waals surface area contributed by atoms with Crippen LogP contribution in [0.2, 0.25) is 5.02 Å². The third-order valence-electron chi connectivity index (χ3n) is 2.45. The van der Waals surface area contributed by atoms with Gasteiger partial charge < -0.3 is 10.5 Å². The molecule has 0 amide bonds. The molecule has 0 aliphatic carbocycles. The van der Waals surface area contributed by atoms with Crippen LogP contribution >= 0.6 is 11.6 Å². The van der Waals surface area contributed by atoms with Crippen LogP contribution < -0.4 is 10.5 Å². The molecule has 21 heavy (non-hydrogen) atoms. The molecule has 3 rings (SSSR count). The van der Waals surface area contributed by atoms with Crippen LogP contribution in [0.4, 0.5) is 10.3 Å². The van der Waals surface area contributed by atoms with Gasteiger partial charge in [0.15, 0.2) is 11.6 Å². The van der Waals surface area contributed by atoms with Crippen molar-refractivity contribution in [1.82, 2.24) is 24.7 Å². The van der Waals surface area contributed by atoms with Gasteiger partial charge in [-0.1, -0.05) is 17.7 Å². The normalized spacial score (nSPS) is 10.6. The minimum Gasteiger partial charge on any atom is -0.421 e. The second-order valence-electron chi connectivity index (χ2n) is 3.88. The zero-order chi connectivity index (χ0) is 14.8. The van der Waals surface area contributed by atoms with Crippen LogP contribution in [0.3, 0.4) is 0 Å². The smallest absolute Gasteiger partial charge is 0.328 e. The van der Waals surface area contributed by atoms with Crippen molar-refractivity contribution in [2.75, 3.05) is 5.73 Å². The van der Waals surface area contributed by atoms with E-state index >= 15 is 0 Å². The summed E-state index contributed by atoms with van der Waals surface area (Å²) in [6, 6.07) is 5.88. The maximum atomic E-state index is 13.8. The predicted molar refractivity (Wildman–Crippen MR) is 72.8 cm³/mol. The summed E-state index contributed by atoms with van der Waals surface area (Å²) in [5, 5.41) is 3.90. The van der Waals surface area contributed by atoms with Gasteiger partial charge in [0.05, 0.1) is 5.02 Å². The fourth-order valence-corrected chi connectivity index (χ4v) is 1.72. The highest BCUT2D eigenvalue weighted by atomic mass is 35.5. The highest BCUT2D eigenvalue weighted by Crippen LogP contribution is 2.27. The van der Waals surface area contributed by atoms with Crippen molar-refractivity contribution in [1.29, 1.82) is 0 Å². The third-order valence-corrected chi connectivity index (χ3v) is 2.74. The molecule has 0 fully saturated rings. The van der Waals surface area contributed by atoms with E-state index in [1.54, 1.807) is 24.5 Å². The first-order chi connectivity index (χ1) is 10.1. The second-order valence-corrected chi connectivity index (χ2v) is 4.29. The van der Waals surface area contributed by atoms with Crippen molar-refractivity contribution in [2.45, 2.75) is 0 Å². The molecule has 0 aliphatic rings. The van der Waals surface area contributed by atoms with E-state index in [4.69, 9.17) is 22.1 Å². The van der Waals surface area contributed by atoms with Crippen LogP contribution in [-0.4, -0.2) is 24.7 Å². The molecule has 3 aromatic rings. The minimum absolute atomic E-state index is 0.0678. The van der Waals surface area contributed by atoms with Gasteiger partial charge in [-0.25, -0.2) is 9.07 Å². The average molecular weight is 307 g/mol. The average Bonchev–Trinajstić information content (AvgIpc) is 2.97. The standard InChI is InChI=1S/C12H8ClFN6O/c13-7-3-1-4-8(9(7)14)21-12-18-10(15)17-11(19-12)20-6-2-5-16-20/h1-6H,(H2,15,17,18,19). The van der Waals surface area contributed by atoms with Crippen LogP contribution in [0, 0.1) is 5.82 Å². The molecule has 0 saturated heterocycles. The lowest BCUT2D eigenvalue weighted by molar-refractivity contribution is 0.409. The molecule has 1 aromatic carbocycles. The first-order valence-corrected chi connectivity index (χ1v) is 6.15. The fraction of sp³-hybridized carbons (Fsp3) is 0. The summed E-state index contributed by atoms with van der Waals surface area (Å²) >= 11 is 5.68. The number of hydrogen-bond donors (Lipinski definition) is 1. The number of benzene rings is 1. The number of anilines is 1. The fourth-order valence-electron chi connectivity index (χ4n) is 1.56. The molecule has 9 heteroatoms. The number of nitrogen functional groups attached to an aromatic ring is 1. The molecular formula is C12H8ClFN6O. The molecule has 106 valence electrons. The Labute approximate surface area is 123 Å². The summed E-state index contributed by atoms with van der Waals surface area (Å²) in [5.41, 5.74) is 5.58. The molecule has 0 unspecified atom stereocenters. The lowest BCUT2D eigenvalue weighted by Crippen LogP contribution is -2.08. The Hall–Kier alpha value is -2.74. The van der Waals surface area contributed by atoms with Gasteiger partial charge in [-0.15, -0.1) is 0 Å². The Morgan fingerprint density at radius 2 is 2.05 bits per heavy atom. The van der Waals surface area contributed by atoms with Crippen molar-refractivity contribution in [2.24, 2.45) is 0 Å². The number of nitrogens with zero attached hydrogens (tertiary/aromatic N) is 5. The van der Waals surface area contributed by atoms with Gasteiger partial charge >= 0.3 is 6.01 Å². The van der Waals surface area contributed by atoms with Crippen LogP contribution in [0.5, 0.6) is 11.8 Å². The number of rotatable bonds is 3. The topological polar surface area (TPSA) is 91.7 Å². The SMILES string of the molecule is Nc1nc(Oc2cccc(Cl)c2F)nc(-n2cccn2)n1. The van der Waals surface area contributed by atoms with Crippen molar-refractivity contribution in [3.8, 4) is 17.7 Å². The van der Waals surface area contributed by atoms with E-state index in [0.717, 1.165) is 0 Å². The summed E-state index contributed by atoms with van der Waals surface area (Å²) in [5.74, 6) is -0.740. The van der Waals surface area contributed by atoms with E-state index in [9.17, 15) is 4.39 Å². The van der Waals surface area contributed by atoms with Gasteiger partial charge in [-0.3, -0.25) is 0 Å². The molecule has 0 radical (unpaired) electrons. The number of hydrogen-bond acceptors (Lipinski definition) is 6. The maximum Gasteiger partial charge on any atom is 0.328 e. The lowest BCUT2D eigenvalue weighted by Gasteiger charge is -2.07. The minimum atomic E-state index is -0.709. The van der Waals surface area contributed by atoms with Gasteiger partial charge in [0, 0.05) is 12.4 Å². The first-order valence-electron chi connectivity index (χ1n) is 5.77. The molecular weight excluding hydrogens is 299 g/mol. The Morgan fingerprint density at radius 1 is 1.19 bits per heavy atom. The zero-order valence-electron chi connectivity index (χ0n) is 10.4. The number of halogens is 2. The van der Waals surface area contributed by atoms with E-state index in [2.05, 4.69) is 20.1 Å². The predicted octanol–water partition coefficient (Wildman–Crippen LogP) is 2.22. The number of aromatic nitrogens is 5. The monoisotopic (exact) mass is 306 g/mol. The van der Waals surface area contributed by atoms with Gasteiger partial charge in [0.1, 0.15) is 0 Å². The van der Waals surface area contributed by atoms with Gasteiger partial charge in [0.2, 0.25) is 5.95 Å². The molecule has 7 nitrogen and oxygen atoms in total. The van der Waals surface area contributed by atoms with E-state index in [1.807, 2.05) is 0 Å². The highest BCUT2D eigenvalue weighted by molar-refractivity contribution is 6.30. The summed E-state index contributed by atoms with van der Waals surface area (Å²) < 4.78 is 20.4. The summed E-state index contributed by atoms with van der Waals surface area (Å²) in [6.45, 7) is 0. The van der Waals surface area contributed by atoms with Crippen molar-refractivity contribution >= 4 is 17.5 Å². The Kier molecular flexibility index (Phi) is 3.36. The molecule has 0 aliphatic heterocycles. The molecule has 0 bridgehead atoms. The Bertz CT molecular complexity index is 779. The van der Waals surface area contributed by atoms with Gasteiger partial charge in [-0.2, -0.15) is 20.1 Å². The van der Waals surface area contributed by atoms with Gasteiger partial charge in [0.25, 0.3) is 5.95 Å². The van der Waals surface area contributed by atoms with Crippen LogP contribution in [-0.2, 0) is 0 Å². The largest absolute Gasteiger partial charge is 0.421 e. The first kappa shape index (κ1) is 13.3. The Balaban J connectivity index is 1.98. The Morgan fingerprint density at radius 3 is 2.81 bits per heavy atom. The summed E-state index contributed by atoms with van der Waals surface area (Å²) in [4.78, 5) is 11.7. The second kappa shape index (κ2) is 5.33. The van der Waals surface area contributed by atoms with Crippen molar-refractivity contribution in [3.05, 3.63) is 47.5 Å². The number of ether oxygens (including phenoxy) is 1. The molecule has 2 heterocycles. The quantitative estimate of drug-likeness (QED) is 0.797. The van der Waals surface area contributed by atoms with Crippen LogP contribution in [0.25, 0.3) is 5.95 Å². The summed E-state index contributed by atoms with van der Waals surface area (Å²) in [7, 11) is 0. The molecule has 0 atom stereocenters. The van der Waals surface area contributed by atoms with Gasteiger partial charge in [-0.05, 0) is 18.2 Å². The van der Waals surface area contributed by atoms with E-state index in [0.29, 0.717) is 0 Å². The number of nitrogens with two attached hydrogens (primary N) is 1. The van der Waals surface area contributed by atoms with Crippen LogP contribution in [0.1, 0.15) is 0 Å². The zero-order valence-corrected chi connectivity index (χ0v) is 11.2. The molecule has 0 saturated carbocycles. The van der Waals surface area contributed by atoms with Crippen LogP contribution in [0.15, 0.2) is 36.7 Å².